The summed E-state index contributed by atoms with van der Waals surface area (Å²) in [6.45, 7) is 9.67. The highest BCUT2D eigenvalue weighted by molar-refractivity contribution is 5.91. The lowest BCUT2D eigenvalue weighted by Crippen LogP contribution is -2.89. The maximum atomic E-state index is 14.3. The van der Waals surface area contributed by atoms with Crippen LogP contribution in [0.3, 0.4) is 0 Å². The molecule has 2 aliphatic heterocycles. The van der Waals surface area contributed by atoms with Crippen LogP contribution in [-0.2, 0) is 76.2 Å². The van der Waals surface area contributed by atoms with Crippen molar-refractivity contribution in [2.75, 3.05) is 13.2 Å². The molecule has 13 atom stereocenters. The van der Waals surface area contributed by atoms with Crippen LogP contribution in [0, 0.1) is 17.3 Å². The Kier molecular flexibility index (Phi) is 11.5. The molecule has 5 rings (SSSR count). The standard InChI is InChI=1S/C38H47NO18/c1-16-17(2)33(46)56-30-28(52-20(5)42)32(55-23(8)45)37(15-49-18(3)40)31(54-22(7)44)27(51-19(4)41)25-29(53-21(6)43)38(37,36(30,10)48)57-35(25,9)14-50-34(47)24-12-11-13-39-26(16)24/h11-13,16-17,25,27-32,48H,14-15H2,1-10H3/t16-,17-,25+,27+,28-,29+,30-,31+,32-,35-,36?,37+,38-/m0/s1. The van der Waals surface area contributed by atoms with Gasteiger partial charge in [-0.3, -0.25) is 38.5 Å². The lowest BCUT2D eigenvalue weighted by atomic mass is 9.45. The summed E-state index contributed by atoms with van der Waals surface area (Å²) in [6, 6.07) is 2.89. The lowest BCUT2D eigenvalue weighted by Gasteiger charge is -2.67. The molecule has 19 heteroatoms. The normalized spacial score (nSPS) is 38.2. The number of carbonyl (C=O) groups excluding carboxylic acids is 8. The third-order valence-electron chi connectivity index (χ3n) is 11.4. The molecule has 2 aliphatic carbocycles. The molecule has 19 nitrogen and oxygen atoms in total. The Bertz CT molecular complexity index is 1860. The average molecular weight is 806 g/mol. The van der Waals surface area contributed by atoms with Gasteiger partial charge in [0.1, 0.15) is 42.0 Å². The first-order valence-corrected chi connectivity index (χ1v) is 18.2. The van der Waals surface area contributed by atoms with Gasteiger partial charge in [-0.15, -0.1) is 0 Å². The molecule has 0 aromatic carbocycles. The van der Waals surface area contributed by atoms with Crippen LogP contribution in [0.2, 0.25) is 0 Å². The summed E-state index contributed by atoms with van der Waals surface area (Å²) in [6.07, 6.45) is -10.5. The molecule has 1 saturated heterocycles. The largest absolute Gasteiger partial charge is 0.465 e. The summed E-state index contributed by atoms with van der Waals surface area (Å²) in [5, 5.41) is 13.4. The summed E-state index contributed by atoms with van der Waals surface area (Å²) in [4.78, 5) is 111. The molecule has 4 bridgehead atoms. The van der Waals surface area contributed by atoms with Crippen molar-refractivity contribution in [3.8, 4) is 0 Å². The molecule has 0 radical (unpaired) electrons. The van der Waals surface area contributed by atoms with Crippen LogP contribution in [0.4, 0.5) is 0 Å². The van der Waals surface area contributed by atoms with Crippen molar-refractivity contribution in [3.05, 3.63) is 29.6 Å². The Labute approximate surface area is 327 Å². The van der Waals surface area contributed by atoms with Gasteiger partial charge in [-0.25, -0.2) is 4.79 Å². The summed E-state index contributed by atoms with van der Waals surface area (Å²) >= 11 is 0. The molecule has 57 heavy (non-hydrogen) atoms. The summed E-state index contributed by atoms with van der Waals surface area (Å²) < 4.78 is 54.3. The first-order valence-electron chi connectivity index (χ1n) is 18.2. The number of carbonyl (C=O) groups is 8. The Hall–Kier alpha value is -5.17. The first kappa shape index (κ1) is 43.0. The maximum Gasteiger partial charge on any atom is 0.340 e. The smallest absolute Gasteiger partial charge is 0.340 e. The monoisotopic (exact) mass is 805 g/mol. The number of hydrogen-bond acceptors (Lipinski definition) is 19. The molecule has 312 valence electrons. The SMILES string of the molecule is CC(=O)OC[C@]12[C@H](OC(C)=O)[C@H](OC(C)=O)[C@@H]3[C@@H](OC(C)=O)[C@@]14O[C@@]3(C)COC(=O)c1cccnc1[C@@H](C)[C@H](C)C(=O)O[C@@H]([C@H](OC(C)=O)[C@@H]2OC(C)=O)C4(C)O. The maximum absolute atomic E-state index is 14.3. The van der Waals surface area contributed by atoms with Gasteiger partial charge in [0.05, 0.1) is 23.1 Å². The van der Waals surface area contributed by atoms with E-state index in [9.17, 15) is 43.5 Å². The van der Waals surface area contributed by atoms with E-state index in [1.165, 1.54) is 32.2 Å². The Morgan fingerprint density at radius 3 is 1.84 bits per heavy atom. The molecule has 3 heterocycles. The number of fused-ring (bicyclic) bond motifs is 5. The highest BCUT2D eigenvalue weighted by Gasteiger charge is 2.92. The average Bonchev–Trinajstić information content (AvgIpc) is 3.32. The van der Waals surface area contributed by atoms with Crippen molar-refractivity contribution in [2.45, 2.75) is 129 Å². The third kappa shape index (κ3) is 6.97. The number of pyridine rings is 1. The third-order valence-corrected chi connectivity index (χ3v) is 11.4. The van der Waals surface area contributed by atoms with Gasteiger partial charge in [-0.05, 0) is 26.0 Å². The highest BCUT2D eigenvalue weighted by Crippen LogP contribution is 2.70. The molecule has 1 N–H and O–H groups in total. The van der Waals surface area contributed by atoms with E-state index in [2.05, 4.69) is 4.98 Å². The van der Waals surface area contributed by atoms with Gasteiger partial charge in [0, 0.05) is 53.7 Å². The van der Waals surface area contributed by atoms with Crippen molar-refractivity contribution in [1.29, 1.82) is 0 Å². The second-order valence-corrected chi connectivity index (χ2v) is 15.3. The molecule has 1 unspecified atom stereocenters. The predicted octanol–water partition coefficient (Wildman–Crippen LogP) is 1.03. The van der Waals surface area contributed by atoms with Crippen LogP contribution >= 0.6 is 0 Å². The van der Waals surface area contributed by atoms with Gasteiger partial charge >= 0.3 is 47.8 Å². The molecule has 1 aromatic rings. The summed E-state index contributed by atoms with van der Waals surface area (Å²) in [5.41, 5.74) is -10.1. The molecule has 0 amide bonds. The Morgan fingerprint density at radius 2 is 1.30 bits per heavy atom. The van der Waals surface area contributed by atoms with Crippen LogP contribution in [0.15, 0.2) is 18.3 Å². The predicted molar refractivity (Wildman–Crippen MR) is 185 cm³/mol. The molecular formula is C38H47NO18. The van der Waals surface area contributed by atoms with Crippen molar-refractivity contribution in [2.24, 2.45) is 17.3 Å². The number of hydrogen-bond donors (Lipinski definition) is 1. The quantitative estimate of drug-likeness (QED) is 0.298. The van der Waals surface area contributed by atoms with E-state index >= 15 is 0 Å². The Morgan fingerprint density at radius 1 is 0.772 bits per heavy atom. The molecule has 4 aliphatic rings. The van der Waals surface area contributed by atoms with Gasteiger partial charge in [0.15, 0.2) is 30.0 Å². The zero-order valence-electron chi connectivity index (χ0n) is 33.2. The molecular weight excluding hydrogens is 758 g/mol. The number of cyclic esters (lactones) is 1. The summed E-state index contributed by atoms with van der Waals surface area (Å²) in [5.74, 6) is -11.6. The summed E-state index contributed by atoms with van der Waals surface area (Å²) in [7, 11) is 0. The minimum atomic E-state index is -2.82. The van der Waals surface area contributed by atoms with Crippen LogP contribution in [0.1, 0.15) is 91.2 Å². The topological polar surface area (TPSA) is 253 Å². The van der Waals surface area contributed by atoms with E-state index in [-0.39, 0.29) is 11.3 Å². The van der Waals surface area contributed by atoms with E-state index in [4.69, 9.17) is 42.6 Å². The van der Waals surface area contributed by atoms with E-state index < -0.39 is 138 Å². The second-order valence-electron chi connectivity index (χ2n) is 15.3. The van der Waals surface area contributed by atoms with Gasteiger partial charge in [0.2, 0.25) is 0 Å². The number of ether oxygens (including phenoxy) is 9. The number of aromatic nitrogens is 1. The number of aliphatic hydroxyl groups is 1. The van der Waals surface area contributed by atoms with Gasteiger partial charge in [-0.1, -0.05) is 13.8 Å². The highest BCUT2D eigenvalue weighted by atomic mass is 16.7. The fourth-order valence-corrected chi connectivity index (χ4v) is 9.25. The first-order chi connectivity index (χ1) is 26.5. The van der Waals surface area contributed by atoms with Gasteiger partial charge < -0.3 is 47.7 Å². The molecule has 3 fully saturated rings. The molecule has 1 aromatic heterocycles. The van der Waals surface area contributed by atoms with Crippen molar-refractivity contribution in [3.63, 3.8) is 0 Å². The van der Waals surface area contributed by atoms with Crippen LogP contribution in [0.5, 0.6) is 0 Å². The van der Waals surface area contributed by atoms with Crippen LogP contribution in [0.25, 0.3) is 0 Å². The van der Waals surface area contributed by atoms with E-state index in [0.29, 0.717) is 0 Å². The van der Waals surface area contributed by atoms with Crippen molar-refractivity contribution in [1.82, 2.24) is 4.98 Å². The lowest BCUT2D eigenvalue weighted by molar-refractivity contribution is -0.387. The second kappa shape index (κ2) is 15.3. The van der Waals surface area contributed by atoms with Crippen LogP contribution in [-0.4, -0.2) is 124 Å². The van der Waals surface area contributed by atoms with E-state index in [1.807, 2.05) is 0 Å². The number of rotatable bonds is 7. The number of nitrogens with zero attached hydrogens (tertiary/aromatic N) is 1. The minimum absolute atomic E-state index is 0.0422. The minimum Gasteiger partial charge on any atom is -0.465 e. The van der Waals surface area contributed by atoms with Gasteiger partial charge in [-0.2, -0.15) is 0 Å². The zero-order valence-corrected chi connectivity index (χ0v) is 33.2. The Balaban J connectivity index is 2.01. The molecule has 1 spiro atoms. The van der Waals surface area contributed by atoms with Crippen molar-refractivity contribution >= 4 is 47.8 Å². The number of esters is 8. The fourth-order valence-electron chi connectivity index (χ4n) is 9.25. The zero-order chi connectivity index (χ0) is 42.6. The van der Waals surface area contributed by atoms with Crippen LogP contribution < -0.4 is 0 Å². The van der Waals surface area contributed by atoms with E-state index in [1.54, 1.807) is 6.92 Å². The van der Waals surface area contributed by atoms with Gasteiger partial charge in [0.25, 0.3) is 0 Å². The fraction of sp³-hybridized carbons (Fsp3) is 0.658. The molecule has 2 saturated carbocycles. The van der Waals surface area contributed by atoms with Crippen molar-refractivity contribution < 1.29 is 86.1 Å². The van der Waals surface area contributed by atoms with E-state index in [0.717, 1.165) is 48.5 Å².